The van der Waals surface area contributed by atoms with Gasteiger partial charge in [-0.15, -0.1) is 0 Å². The van der Waals surface area contributed by atoms with Gasteiger partial charge in [0.1, 0.15) is 0 Å². The molecule has 0 spiro atoms. The third kappa shape index (κ3) is 3.37. The molecule has 1 heterocycles. The number of aromatic nitrogens is 2. The zero-order valence-electron chi connectivity index (χ0n) is 12.2. The van der Waals surface area contributed by atoms with E-state index in [0.717, 1.165) is 37.4 Å². The molecular weight excluding hydrogens is 238 g/mol. The van der Waals surface area contributed by atoms with Crippen LogP contribution in [0.15, 0.2) is 6.07 Å². The Balaban J connectivity index is 2.17. The highest BCUT2D eigenvalue weighted by molar-refractivity contribution is 5.13. The summed E-state index contributed by atoms with van der Waals surface area (Å²) in [5.41, 5.74) is 8.18. The van der Waals surface area contributed by atoms with Crippen LogP contribution in [0.25, 0.3) is 0 Å². The van der Waals surface area contributed by atoms with E-state index in [9.17, 15) is 5.11 Å². The minimum absolute atomic E-state index is 0.154. The summed E-state index contributed by atoms with van der Waals surface area (Å²) in [5.74, 6) is 0.777. The standard InChI is InChI=1S/C15H27N3O/c1-3-13-7-14(18(4-2)17-13)9-15(10-16,11-19)8-12-5-6-12/h7,12,19H,3-6,8-11,16H2,1-2H3. The van der Waals surface area contributed by atoms with Gasteiger partial charge in [-0.2, -0.15) is 5.10 Å². The van der Waals surface area contributed by atoms with Gasteiger partial charge in [-0.1, -0.05) is 19.8 Å². The second-order valence-electron chi connectivity index (χ2n) is 5.98. The molecule has 4 nitrogen and oxygen atoms in total. The monoisotopic (exact) mass is 265 g/mol. The summed E-state index contributed by atoms with van der Waals surface area (Å²) in [6.45, 7) is 5.84. The second kappa shape index (κ2) is 6.06. The minimum atomic E-state index is -0.154. The predicted molar refractivity (Wildman–Crippen MR) is 76.9 cm³/mol. The normalized spacial score (nSPS) is 18.5. The number of aryl methyl sites for hydroxylation is 2. The summed E-state index contributed by atoms with van der Waals surface area (Å²) in [6.07, 6.45) is 5.45. The van der Waals surface area contributed by atoms with Gasteiger partial charge in [0, 0.05) is 24.2 Å². The van der Waals surface area contributed by atoms with E-state index in [1.165, 1.54) is 18.5 Å². The van der Waals surface area contributed by atoms with Gasteiger partial charge in [0.25, 0.3) is 0 Å². The Morgan fingerprint density at radius 3 is 2.68 bits per heavy atom. The second-order valence-corrected chi connectivity index (χ2v) is 5.98. The van der Waals surface area contributed by atoms with Gasteiger partial charge in [-0.05, 0) is 38.2 Å². The molecule has 0 aromatic carbocycles. The lowest BCUT2D eigenvalue weighted by atomic mass is 9.79. The molecule has 0 radical (unpaired) electrons. The first-order valence-electron chi connectivity index (χ1n) is 7.53. The Morgan fingerprint density at radius 1 is 1.47 bits per heavy atom. The lowest BCUT2D eigenvalue weighted by molar-refractivity contribution is 0.113. The van der Waals surface area contributed by atoms with Crippen molar-refractivity contribution >= 4 is 0 Å². The lowest BCUT2D eigenvalue weighted by Crippen LogP contribution is -2.37. The number of nitrogens with zero attached hydrogens (tertiary/aromatic N) is 2. The molecule has 1 saturated carbocycles. The summed E-state index contributed by atoms with van der Waals surface area (Å²) < 4.78 is 2.06. The first-order valence-corrected chi connectivity index (χ1v) is 7.53. The quantitative estimate of drug-likeness (QED) is 0.752. The van der Waals surface area contributed by atoms with E-state index in [-0.39, 0.29) is 12.0 Å². The van der Waals surface area contributed by atoms with Gasteiger partial charge in [-0.3, -0.25) is 4.68 Å². The molecule has 1 aliphatic rings. The summed E-state index contributed by atoms with van der Waals surface area (Å²) in [7, 11) is 0. The van der Waals surface area contributed by atoms with Gasteiger partial charge in [-0.25, -0.2) is 0 Å². The summed E-state index contributed by atoms with van der Waals surface area (Å²) >= 11 is 0. The summed E-state index contributed by atoms with van der Waals surface area (Å²) in [6, 6.07) is 2.18. The van der Waals surface area contributed by atoms with E-state index in [1.807, 2.05) is 0 Å². The van der Waals surface area contributed by atoms with Crippen LogP contribution < -0.4 is 5.73 Å². The Labute approximate surface area is 116 Å². The molecule has 1 aliphatic carbocycles. The highest BCUT2D eigenvalue weighted by atomic mass is 16.3. The smallest absolute Gasteiger partial charge is 0.0624 e. The molecule has 0 bridgehead atoms. The van der Waals surface area contributed by atoms with Crippen LogP contribution in [-0.4, -0.2) is 28.0 Å². The van der Waals surface area contributed by atoms with Gasteiger partial charge in [0.2, 0.25) is 0 Å². The summed E-state index contributed by atoms with van der Waals surface area (Å²) in [5, 5.41) is 14.4. The molecule has 1 atom stereocenters. The first-order chi connectivity index (χ1) is 9.16. The fourth-order valence-corrected chi connectivity index (χ4v) is 2.84. The predicted octanol–water partition coefficient (Wildman–Crippen LogP) is 1.75. The molecule has 0 aliphatic heterocycles. The van der Waals surface area contributed by atoms with Crippen LogP contribution in [0.1, 0.15) is 44.5 Å². The zero-order valence-corrected chi connectivity index (χ0v) is 12.2. The molecule has 3 N–H and O–H groups in total. The van der Waals surface area contributed by atoms with E-state index in [2.05, 4.69) is 29.7 Å². The lowest BCUT2D eigenvalue weighted by Gasteiger charge is -2.30. The number of hydrogen-bond donors (Lipinski definition) is 2. The topological polar surface area (TPSA) is 64.1 Å². The maximum atomic E-state index is 9.83. The Bertz CT molecular complexity index is 406. The zero-order chi connectivity index (χ0) is 13.9. The van der Waals surface area contributed by atoms with Crippen molar-refractivity contribution < 1.29 is 5.11 Å². The molecule has 1 aromatic heterocycles. The SMILES string of the molecule is CCc1cc(CC(CN)(CO)CC2CC2)n(CC)n1. The van der Waals surface area contributed by atoms with Crippen molar-refractivity contribution in [2.45, 2.75) is 52.5 Å². The van der Waals surface area contributed by atoms with Crippen LogP contribution in [0.3, 0.4) is 0 Å². The van der Waals surface area contributed by atoms with Crippen LogP contribution in [0.5, 0.6) is 0 Å². The number of nitrogens with two attached hydrogens (primary N) is 1. The third-order valence-corrected chi connectivity index (χ3v) is 4.32. The maximum Gasteiger partial charge on any atom is 0.0624 e. The Hall–Kier alpha value is -0.870. The molecule has 1 aromatic rings. The van der Waals surface area contributed by atoms with Gasteiger partial charge in [0.15, 0.2) is 0 Å². The highest BCUT2D eigenvalue weighted by Crippen LogP contribution is 2.41. The van der Waals surface area contributed by atoms with Crippen LogP contribution in [0.4, 0.5) is 0 Å². The molecular formula is C15H27N3O. The van der Waals surface area contributed by atoms with Gasteiger partial charge >= 0.3 is 0 Å². The Kier molecular flexibility index (Phi) is 4.63. The van der Waals surface area contributed by atoms with Crippen LogP contribution in [0.2, 0.25) is 0 Å². The largest absolute Gasteiger partial charge is 0.396 e. The van der Waals surface area contributed by atoms with Crippen molar-refractivity contribution in [3.8, 4) is 0 Å². The van der Waals surface area contributed by atoms with Crippen molar-refractivity contribution in [2.75, 3.05) is 13.2 Å². The molecule has 2 rings (SSSR count). The number of hydrogen-bond acceptors (Lipinski definition) is 3. The van der Waals surface area contributed by atoms with Crippen molar-refractivity contribution in [3.63, 3.8) is 0 Å². The van der Waals surface area contributed by atoms with Crippen LogP contribution in [0, 0.1) is 11.3 Å². The summed E-state index contributed by atoms with van der Waals surface area (Å²) in [4.78, 5) is 0. The van der Waals surface area contributed by atoms with E-state index < -0.39 is 0 Å². The molecule has 1 unspecified atom stereocenters. The van der Waals surface area contributed by atoms with Gasteiger partial charge < -0.3 is 10.8 Å². The van der Waals surface area contributed by atoms with E-state index in [0.29, 0.717) is 6.54 Å². The van der Waals surface area contributed by atoms with E-state index in [1.54, 1.807) is 0 Å². The fraction of sp³-hybridized carbons (Fsp3) is 0.800. The maximum absolute atomic E-state index is 9.83. The van der Waals surface area contributed by atoms with Crippen molar-refractivity contribution in [3.05, 3.63) is 17.5 Å². The number of aliphatic hydroxyl groups is 1. The average Bonchev–Trinajstić information content (AvgIpc) is 3.16. The Morgan fingerprint density at radius 2 is 2.21 bits per heavy atom. The molecule has 0 amide bonds. The van der Waals surface area contributed by atoms with Crippen LogP contribution >= 0.6 is 0 Å². The molecule has 108 valence electrons. The van der Waals surface area contributed by atoms with E-state index >= 15 is 0 Å². The molecule has 4 heteroatoms. The van der Waals surface area contributed by atoms with Crippen molar-refractivity contribution in [1.29, 1.82) is 0 Å². The van der Waals surface area contributed by atoms with Crippen molar-refractivity contribution in [1.82, 2.24) is 9.78 Å². The van der Waals surface area contributed by atoms with Gasteiger partial charge in [0.05, 0.1) is 12.3 Å². The number of aliphatic hydroxyl groups excluding tert-OH is 1. The molecule has 19 heavy (non-hydrogen) atoms. The highest BCUT2D eigenvalue weighted by Gasteiger charge is 2.36. The molecule has 1 fully saturated rings. The third-order valence-electron chi connectivity index (χ3n) is 4.32. The van der Waals surface area contributed by atoms with E-state index in [4.69, 9.17) is 5.73 Å². The van der Waals surface area contributed by atoms with Crippen LogP contribution in [-0.2, 0) is 19.4 Å². The minimum Gasteiger partial charge on any atom is -0.396 e. The van der Waals surface area contributed by atoms with Crippen molar-refractivity contribution in [2.24, 2.45) is 17.1 Å². The first kappa shape index (κ1) is 14.5. The number of rotatable bonds is 8. The fourth-order valence-electron chi connectivity index (χ4n) is 2.84. The molecule has 0 saturated heterocycles. The average molecular weight is 265 g/mol.